The Balaban J connectivity index is 2.25. The second-order valence-electron chi connectivity index (χ2n) is 3.90. The molecule has 19 heavy (non-hydrogen) atoms. The predicted octanol–water partition coefficient (Wildman–Crippen LogP) is 2.68. The SMILES string of the molecule is Cc1cc(C(=O)Nc2cc(C(=O)O)ccc2F)co1. The number of aromatic carboxylic acids is 1. The van der Waals surface area contributed by atoms with Gasteiger partial charge in [-0.2, -0.15) is 0 Å². The molecule has 6 heteroatoms. The van der Waals surface area contributed by atoms with Crippen molar-refractivity contribution in [3.8, 4) is 0 Å². The maximum absolute atomic E-state index is 13.5. The average molecular weight is 263 g/mol. The van der Waals surface area contributed by atoms with Crippen LogP contribution >= 0.6 is 0 Å². The van der Waals surface area contributed by atoms with Crippen molar-refractivity contribution in [2.45, 2.75) is 6.92 Å². The first-order chi connectivity index (χ1) is 8.97. The van der Waals surface area contributed by atoms with Crippen molar-refractivity contribution in [3.63, 3.8) is 0 Å². The number of anilines is 1. The molecule has 2 N–H and O–H groups in total. The molecule has 0 spiro atoms. The second-order valence-corrected chi connectivity index (χ2v) is 3.90. The Kier molecular flexibility index (Phi) is 3.33. The summed E-state index contributed by atoms with van der Waals surface area (Å²) in [4.78, 5) is 22.5. The maximum Gasteiger partial charge on any atom is 0.335 e. The van der Waals surface area contributed by atoms with Crippen LogP contribution in [-0.2, 0) is 0 Å². The van der Waals surface area contributed by atoms with Gasteiger partial charge < -0.3 is 14.8 Å². The van der Waals surface area contributed by atoms with Crippen molar-refractivity contribution in [2.75, 3.05) is 5.32 Å². The normalized spacial score (nSPS) is 10.2. The van der Waals surface area contributed by atoms with Crippen molar-refractivity contribution in [1.29, 1.82) is 0 Å². The Bertz CT molecular complexity index is 648. The zero-order chi connectivity index (χ0) is 14.0. The van der Waals surface area contributed by atoms with E-state index in [1.165, 1.54) is 12.3 Å². The number of rotatable bonds is 3. The van der Waals surface area contributed by atoms with E-state index in [0.717, 1.165) is 18.2 Å². The van der Waals surface area contributed by atoms with Crippen LogP contribution in [0.25, 0.3) is 0 Å². The molecule has 5 nitrogen and oxygen atoms in total. The number of carbonyl (C=O) groups is 2. The third-order valence-electron chi connectivity index (χ3n) is 2.45. The Morgan fingerprint density at radius 1 is 1.26 bits per heavy atom. The van der Waals surface area contributed by atoms with E-state index in [9.17, 15) is 14.0 Å². The number of carboxylic acid groups (broad SMARTS) is 1. The predicted molar refractivity (Wildman–Crippen MR) is 64.8 cm³/mol. The molecule has 0 fully saturated rings. The molecule has 98 valence electrons. The summed E-state index contributed by atoms with van der Waals surface area (Å²) in [5.41, 5.74) is -0.0681. The van der Waals surface area contributed by atoms with Crippen molar-refractivity contribution in [3.05, 3.63) is 53.2 Å². The fourth-order valence-electron chi connectivity index (χ4n) is 1.51. The number of amides is 1. The number of hydrogen-bond acceptors (Lipinski definition) is 3. The highest BCUT2D eigenvalue weighted by Gasteiger charge is 2.13. The third-order valence-corrected chi connectivity index (χ3v) is 2.45. The van der Waals surface area contributed by atoms with E-state index in [1.807, 2.05) is 0 Å². The van der Waals surface area contributed by atoms with Gasteiger partial charge in [0.25, 0.3) is 5.91 Å². The fourth-order valence-corrected chi connectivity index (χ4v) is 1.51. The molecule has 0 saturated carbocycles. The van der Waals surface area contributed by atoms with E-state index >= 15 is 0 Å². The number of aryl methyl sites for hydroxylation is 1. The van der Waals surface area contributed by atoms with Gasteiger partial charge in [0.05, 0.1) is 16.8 Å². The van der Waals surface area contributed by atoms with Crippen LogP contribution in [0.4, 0.5) is 10.1 Å². The first-order valence-electron chi connectivity index (χ1n) is 5.36. The third kappa shape index (κ3) is 2.79. The quantitative estimate of drug-likeness (QED) is 0.892. The average Bonchev–Trinajstić information content (AvgIpc) is 2.78. The molecule has 2 aromatic rings. The van der Waals surface area contributed by atoms with Gasteiger partial charge in [-0.1, -0.05) is 0 Å². The fraction of sp³-hybridized carbons (Fsp3) is 0.0769. The lowest BCUT2D eigenvalue weighted by Gasteiger charge is -2.06. The Morgan fingerprint density at radius 2 is 2.00 bits per heavy atom. The van der Waals surface area contributed by atoms with Gasteiger partial charge in [0.1, 0.15) is 17.8 Å². The van der Waals surface area contributed by atoms with Crippen LogP contribution in [0, 0.1) is 12.7 Å². The first-order valence-corrected chi connectivity index (χ1v) is 5.36. The van der Waals surface area contributed by atoms with E-state index in [2.05, 4.69) is 5.32 Å². The van der Waals surface area contributed by atoms with Gasteiger partial charge in [0.15, 0.2) is 0 Å². The Labute approximate surface area is 107 Å². The van der Waals surface area contributed by atoms with Crippen molar-refractivity contribution in [2.24, 2.45) is 0 Å². The van der Waals surface area contributed by atoms with Crippen LogP contribution in [-0.4, -0.2) is 17.0 Å². The van der Waals surface area contributed by atoms with Gasteiger partial charge in [-0.05, 0) is 31.2 Å². The van der Waals surface area contributed by atoms with Gasteiger partial charge >= 0.3 is 5.97 Å². The van der Waals surface area contributed by atoms with Crippen LogP contribution in [0.1, 0.15) is 26.5 Å². The van der Waals surface area contributed by atoms with Crippen LogP contribution < -0.4 is 5.32 Å². The lowest BCUT2D eigenvalue weighted by molar-refractivity contribution is 0.0696. The number of carboxylic acids is 1. The molecular weight excluding hydrogens is 253 g/mol. The van der Waals surface area contributed by atoms with Crippen LogP contribution in [0.5, 0.6) is 0 Å². The summed E-state index contributed by atoms with van der Waals surface area (Å²) in [7, 11) is 0. The molecule has 0 unspecified atom stereocenters. The summed E-state index contributed by atoms with van der Waals surface area (Å²) in [6.45, 7) is 1.67. The molecule has 0 saturated heterocycles. The summed E-state index contributed by atoms with van der Waals surface area (Å²) >= 11 is 0. The number of carbonyl (C=O) groups excluding carboxylic acids is 1. The molecule has 0 aliphatic heterocycles. The number of furan rings is 1. The van der Waals surface area contributed by atoms with E-state index in [0.29, 0.717) is 5.76 Å². The summed E-state index contributed by atoms with van der Waals surface area (Å²) in [5, 5.41) is 11.1. The number of hydrogen-bond donors (Lipinski definition) is 2. The van der Waals surface area contributed by atoms with Crippen LogP contribution in [0.2, 0.25) is 0 Å². The van der Waals surface area contributed by atoms with Gasteiger partial charge in [0.2, 0.25) is 0 Å². The topological polar surface area (TPSA) is 79.5 Å². The standard InChI is InChI=1S/C13H10FNO4/c1-7-4-9(6-19-7)12(16)15-11-5-8(13(17)18)2-3-10(11)14/h2-6H,1H3,(H,15,16)(H,17,18). The number of halogens is 1. The highest BCUT2D eigenvalue weighted by atomic mass is 19.1. The lowest BCUT2D eigenvalue weighted by Crippen LogP contribution is -2.13. The van der Waals surface area contributed by atoms with Crippen LogP contribution in [0.15, 0.2) is 34.9 Å². The van der Waals surface area contributed by atoms with E-state index in [-0.39, 0.29) is 16.8 Å². The van der Waals surface area contributed by atoms with Crippen molar-refractivity contribution < 1.29 is 23.5 Å². The van der Waals surface area contributed by atoms with Crippen molar-refractivity contribution in [1.82, 2.24) is 0 Å². The minimum Gasteiger partial charge on any atom is -0.478 e. The second kappa shape index (κ2) is 4.93. The number of benzene rings is 1. The lowest BCUT2D eigenvalue weighted by atomic mass is 10.2. The molecule has 0 bridgehead atoms. The van der Waals surface area contributed by atoms with Crippen LogP contribution in [0.3, 0.4) is 0 Å². The summed E-state index contributed by atoms with van der Waals surface area (Å²) in [5.74, 6) is -1.93. The summed E-state index contributed by atoms with van der Waals surface area (Å²) in [6, 6.07) is 4.66. The maximum atomic E-state index is 13.5. The molecule has 2 rings (SSSR count). The van der Waals surface area contributed by atoms with E-state index in [1.54, 1.807) is 6.92 Å². The van der Waals surface area contributed by atoms with Gasteiger partial charge in [-0.3, -0.25) is 4.79 Å². The van der Waals surface area contributed by atoms with Gasteiger partial charge in [-0.15, -0.1) is 0 Å². The molecular formula is C13H10FNO4. The zero-order valence-electron chi connectivity index (χ0n) is 9.94. The van der Waals surface area contributed by atoms with Crippen molar-refractivity contribution >= 4 is 17.6 Å². The van der Waals surface area contributed by atoms with E-state index in [4.69, 9.17) is 9.52 Å². The molecule has 1 aromatic carbocycles. The molecule has 0 radical (unpaired) electrons. The molecule has 0 atom stereocenters. The first kappa shape index (κ1) is 12.8. The minimum absolute atomic E-state index is 0.111. The minimum atomic E-state index is -1.20. The van der Waals surface area contributed by atoms with E-state index < -0.39 is 17.7 Å². The summed E-state index contributed by atoms with van der Waals surface area (Å²) in [6.07, 6.45) is 1.24. The highest BCUT2D eigenvalue weighted by molar-refractivity contribution is 6.04. The Morgan fingerprint density at radius 3 is 2.58 bits per heavy atom. The Hall–Kier alpha value is -2.63. The smallest absolute Gasteiger partial charge is 0.335 e. The van der Waals surface area contributed by atoms with Gasteiger partial charge in [-0.25, -0.2) is 9.18 Å². The zero-order valence-corrected chi connectivity index (χ0v) is 9.94. The summed E-state index contributed by atoms with van der Waals surface area (Å²) < 4.78 is 18.5. The molecule has 0 aliphatic carbocycles. The molecule has 0 aliphatic rings. The molecule has 1 heterocycles. The molecule has 1 amide bonds. The number of nitrogens with one attached hydrogen (secondary N) is 1. The monoisotopic (exact) mass is 263 g/mol. The van der Waals surface area contributed by atoms with Gasteiger partial charge in [0, 0.05) is 0 Å². The highest BCUT2D eigenvalue weighted by Crippen LogP contribution is 2.18. The molecule has 1 aromatic heterocycles. The largest absolute Gasteiger partial charge is 0.478 e.